The lowest BCUT2D eigenvalue weighted by atomic mass is 10.2. The number of aryl methyl sites for hydroxylation is 2. The standard InChI is InChI=1S/C16H19ClN4O4S/c1-11-19-15(9-20(11)2)26(23,24)18-5-6-21-8-12-7-13(17)3-4-14(12)25-10-16(21)22/h3-4,7,9,18H,5-6,8,10H2,1-2H3. The first kappa shape index (κ1) is 18.7. The van der Waals surface area contributed by atoms with E-state index in [0.717, 1.165) is 5.56 Å². The minimum atomic E-state index is -3.73. The lowest BCUT2D eigenvalue weighted by molar-refractivity contribution is -0.133. The highest BCUT2D eigenvalue weighted by Crippen LogP contribution is 2.26. The molecule has 3 rings (SSSR count). The summed E-state index contributed by atoms with van der Waals surface area (Å²) >= 11 is 6.00. The van der Waals surface area contributed by atoms with Crippen LogP contribution in [0.25, 0.3) is 0 Å². The number of hydrogen-bond donors (Lipinski definition) is 1. The predicted octanol–water partition coefficient (Wildman–Crippen LogP) is 1.08. The van der Waals surface area contributed by atoms with Crippen LogP contribution in [0, 0.1) is 6.92 Å². The summed E-state index contributed by atoms with van der Waals surface area (Å²) < 4.78 is 34.2. The quantitative estimate of drug-likeness (QED) is 0.813. The highest BCUT2D eigenvalue weighted by Gasteiger charge is 2.23. The predicted molar refractivity (Wildman–Crippen MR) is 95.5 cm³/mol. The maximum atomic E-state index is 12.3. The Morgan fingerprint density at radius 2 is 2.15 bits per heavy atom. The second-order valence-corrected chi connectivity index (χ2v) is 8.14. The topological polar surface area (TPSA) is 93.5 Å². The van der Waals surface area contributed by atoms with E-state index in [0.29, 0.717) is 23.1 Å². The lowest BCUT2D eigenvalue weighted by Crippen LogP contribution is -2.39. The zero-order valence-corrected chi connectivity index (χ0v) is 16.0. The summed E-state index contributed by atoms with van der Waals surface area (Å²) in [6.07, 6.45) is 1.45. The van der Waals surface area contributed by atoms with Gasteiger partial charge in [-0.15, -0.1) is 0 Å². The van der Waals surface area contributed by atoms with Crippen molar-refractivity contribution in [1.82, 2.24) is 19.2 Å². The fraction of sp³-hybridized carbons (Fsp3) is 0.375. The van der Waals surface area contributed by atoms with E-state index in [2.05, 4.69) is 9.71 Å². The molecule has 0 saturated heterocycles. The number of rotatable bonds is 5. The summed E-state index contributed by atoms with van der Waals surface area (Å²) in [6.45, 7) is 2.20. The van der Waals surface area contributed by atoms with Crippen molar-refractivity contribution >= 4 is 27.5 Å². The highest BCUT2D eigenvalue weighted by atomic mass is 35.5. The van der Waals surface area contributed by atoms with Gasteiger partial charge in [-0.3, -0.25) is 4.79 Å². The number of benzene rings is 1. The molecule has 1 aromatic heterocycles. The number of sulfonamides is 1. The Hall–Kier alpha value is -2.10. The third-order valence-electron chi connectivity index (χ3n) is 4.12. The molecule has 0 unspecified atom stereocenters. The van der Waals surface area contributed by atoms with E-state index in [1.165, 1.54) is 11.1 Å². The molecule has 1 aliphatic heterocycles. The number of nitrogens with zero attached hydrogens (tertiary/aromatic N) is 3. The largest absolute Gasteiger partial charge is 0.483 e. The van der Waals surface area contributed by atoms with E-state index in [9.17, 15) is 13.2 Å². The number of aromatic nitrogens is 2. The number of imidazole rings is 1. The Balaban J connectivity index is 1.66. The molecule has 0 aliphatic carbocycles. The molecular weight excluding hydrogens is 380 g/mol. The minimum absolute atomic E-state index is 0.0415. The van der Waals surface area contributed by atoms with E-state index < -0.39 is 10.0 Å². The normalized spacial score (nSPS) is 14.7. The molecule has 1 amide bonds. The Kier molecular flexibility index (Phi) is 5.22. The van der Waals surface area contributed by atoms with Gasteiger partial charge in [-0.1, -0.05) is 11.6 Å². The molecule has 0 atom stereocenters. The Labute approximate surface area is 156 Å². The molecule has 10 heteroatoms. The third-order valence-corrected chi connectivity index (χ3v) is 5.69. The summed E-state index contributed by atoms with van der Waals surface area (Å²) in [6, 6.07) is 5.16. The van der Waals surface area contributed by atoms with E-state index in [1.807, 2.05) is 0 Å². The van der Waals surface area contributed by atoms with Crippen LogP contribution >= 0.6 is 11.6 Å². The van der Waals surface area contributed by atoms with Gasteiger partial charge in [-0.2, -0.15) is 0 Å². The monoisotopic (exact) mass is 398 g/mol. The lowest BCUT2D eigenvalue weighted by Gasteiger charge is -2.20. The van der Waals surface area contributed by atoms with Crippen LogP contribution in [-0.4, -0.2) is 48.5 Å². The van der Waals surface area contributed by atoms with Crippen LogP contribution in [0.1, 0.15) is 11.4 Å². The molecule has 0 bridgehead atoms. The number of fused-ring (bicyclic) bond motifs is 1. The van der Waals surface area contributed by atoms with Crippen LogP contribution in [0.3, 0.4) is 0 Å². The van der Waals surface area contributed by atoms with Gasteiger partial charge in [0, 0.05) is 43.5 Å². The molecule has 0 saturated carbocycles. The van der Waals surface area contributed by atoms with Crippen molar-refractivity contribution in [2.45, 2.75) is 18.5 Å². The fourth-order valence-electron chi connectivity index (χ4n) is 2.59. The van der Waals surface area contributed by atoms with Gasteiger partial charge in [0.2, 0.25) is 0 Å². The molecule has 2 heterocycles. The zero-order chi connectivity index (χ0) is 18.9. The minimum Gasteiger partial charge on any atom is -0.483 e. The number of carbonyl (C=O) groups excluding carboxylic acids is 1. The second-order valence-electron chi connectivity index (χ2n) is 5.99. The number of hydrogen-bond acceptors (Lipinski definition) is 5. The van der Waals surface area contributed by atoms with Gasteiger partial charge in [0.1, 0.15) is 11.6 Å². The van der Waals surface area contributed by atoms with Crippen molar-refractivity contribution in [1.29, 1.82) is 0 Å². The van der Waals surface area contributed by atoms with Crippen LogP contribution in [0.4, 0.5) is 0 Å². The first-order valence-electron chi connectivity index (χ1n) is 7.95. The molecule has 0 radical (unpaired) electrons. The van der Waals surface area contributed by atoms with E-state index >= 15 is 0 Å². The van der Waals surface area contributed by atoms with Crippen molar-refractivity contribution < 1.29 is 17.9 Å². The van der Waals surface area contributed by atoms with Crippen LogP contribution in [0.15, 0.2) is 29.4 Å². The summed E-state index contributed by atoms with van der Waals surface area (Å²) in [4.78, 5) is 17.8. The van der Waals surface area contributed by atoms with Crippen LogP contribution in [0.2, 0.25) is 5.02 Å². The molecule has 1 aromatic carbocycles. The van der Waals surface area contributed by atoms with E-state index in [1.54, 1.807) is 36.7 Å². The Bertz CT molecular complexity index is 922. The fourth-order valence-corrected chi connectivity index (χ4v) is 3.84. The van der Waals surface area contributed by atoms with E-state index in [4.69, 9.17) is 16.3 Å². The maximum absolute atomic E-state index is 12.3. The first-order valence-corrected chi connectivity index (χ1v) is 9.81. The van der Waals surface area contributed by atoms with Gasteiger partial charge in [-0.25, -0.2) is 18.1 Å². The molecule has 0 fully saturated rings. The summed E-state index contributed by atoms with van der Waals surface area (Å²) in [5, 5.41) is 0.507. The summed E-state index contributed by atoms with van der Waals surface area (Å²) in [5.74, 6) is 0.985. The number of ether oxygens (including phenoxy) is 1. The molecule has 0 spiro atoms. The molecule has 8 nitrogen and oxygen atoms in total. The van der Waals surface area contributed by atoms with Crippen molar-refractivity contribution in [3.05, 3.63) is 40.8 Å². The van der Waals surface area contributed by atoms with Crippen molar-refractivity contribution in [3.63, 3.8) is 0 Å². The van der Waals surface area contributed by atoms with Crippen molar-refractivity contribution in [2.75, 3.05) is 19.7 Å². The van der Waals surface area contributed by atoms with E-state index in [-0.39, 0.29) is 30.6 Å². The maximum Gasteiger partial charge on any atom is 0.260 e. The second kappa shape index (κ2) is 7.26. The first-order chi connectivity index (χ1) is 12.3. The number of halogens is 1. The average Bonchev–Trinajstić information content (AvgIpc) is 2.84. The molecule has 2 aromatic rings. The van der Waals surface area contributed by atoms with Gasteiger partial charge in [-0.05, 0) is 25.1 Å². The summed E-state index contributed by atoms with van der Waals surface area (Å²) in [7, 11) is -2.01. The number of nitrogens with one attached hydrogen (secondary N) is 1. The molecule has 1 aliphatic rings. The number of carbonyl (C=O) groups is 1. The van der Waals surface area contributed by atoms with Crippen LogP contribution in [-0.2, 0) is 28.4 Å². The Morgan fingerprint density at radius 3 is 2.85 bits per heavy atom. The van der Waals surface area contributed by atoms with Crippen molar-refractivity contribution in [3.8, 4) is 5.75 Å². The molecule has 26 heavy (non-hydrogen) atoms. The average molecular weight is 399 g/mol. The third kappa shape index (κ3) is 4.00. The SMILES string of the molecule is Cc1nc(S(=O)(=O)NCCN2Cc3cc(Cl)ccc3OCC2=O)cn1C. The van der Waals surface area contributed by atoms with Crippen LogP contribution in [0.5, 0.6) is 5.75 Å². The smallest absolute Gasteiger partial charge is 0.260 e. The molecule has 140 valence electrons. The van der Waals surface area contributed by atoms with Crippen molar-refractivity contribution in [2.24, 2.45) is 7.05 Å². The molecule has 1 N–H and O–H groups in total. The van der Waals surface area contributed by atoms with Crippen LogP contribution < -0.4 is 9.46 Å². The molecular formula is C16H19ClN4O4S. The van der Waals surface area contributed by atoms with Gasteiger partial charge in [0.05, 0.1) is 0 Å². The van der Waals surface area contributed by atoms with Gasteiger partial charge >= 0.3 is 0 Å². The zero-order valence-electron chi connectivity index (χ0n) is 14.4. The summed E-state index contributed by atoms with van der Waals surface area (Å²) in [5.41, 5.74) is 0.784. The Morgan fingerprint density at radius 1 is 1.38 bits per heavy atom. The van der Waals surface area contributed by atoms with Gasteiger partial charge in [0.25, 0.3) is 15.9 Å². The number of amides is 1. The highest BCUT2D eigenvalue weighted by molar-refractivity contribution is 7.89. The van der Waals surface area contributed by atoms with Gasteiger partial charge in [0.15, 0.2) is 11.6 Å². The van der Waals surface area contributed by atoms with Gasteiger partial charge < -0.3 is 14.2 Å².